The zero-order valence-electron chi connectivity index (χ0n) is 17.9. The van der Waals surface area contributed by atoms with Gasteiger partial charge in [-0.05, 0) is 30.7 Å². The van der Waals surface area contributed by atoms with Gasteiger partial charge in [0.1, 0.15) is 11.5 Å². The van der Waals surface area contributed by atoms with Crippen molar-refractivity contribution >= 4 is 11.5 Å². The number of halogens is 1. The van der Waals surface area contributed by atoms with Crippen LogP contribution in [0.1, 0.15) is 37.1 Å². The van der Waals surface area contributed by atoms with E-state index in [-0.39, 0.29) is 43.1 Å². The molecular formula is C23H27FN2O5. The van der Waals surface area contributed by atoms with E-state index in [1.807, 2.05) is 0 Å². The van der Waals surface area contributed by atoms with Gasteiger partial charge in [0.2, 0.25) is 0 Å². The number of aliphatic hydroxyl groups excluding tert-OH is 1. The second kappa shape index (κ2) is 11.7. The third-order valence-corrected chi connectivity index (χ3v) is 4.36. The van der Waals surface area contributed by atoms with E-state index in [2.05, 4.69) is 4.98 Å². The quantitative estimate of drug-likeness (QED) is 0.330. The number of ether oxygens (including phenoxy) is 3. The maximum absolute atomic E-state index is 14.9. The van der Waals surface area contributed by atoms with E-state index in [9.17, 15) is 14.3 Å². The lowest BCUT2D eigenvalue weighted by atomic mass is 10.0. The highest BCUT2D eigenvalue weighted by Crippen LogP contribution is 2.29. The molecule has 0 atom stereocenters. The van der Waals surface area contributed by atoms with Gasteiger partial charge in [0.05, 0.1) is 31.6 Å². The van der Waals surface area contributed by atoms with Crippen LogP contribution < -0.4 is 15.2 Å². The van der Waals surface area contributed by atoms with E-state index < -0.39 is 12.0 Å². The minimum Gasteiger partial charge on any atom is -0.512 e. The molecule has 0 bridgehead atoms. The van der Waals surface area contributed by atoms with Crippen LogP contribution in [0.3, 0.4) is 0 Å². The van der Waals surface area contributed by atoms with Crippen molar-refractivity contribution in [1.82, 2.24) is 4.98 Å². The molecule has 8 heteroatoms. The lowest BCUT2D eigenvalue weighted by Gasteiger charge is -2.12. The van der Waals surface area contributed by atoms with E-state index in [1.165, 1.54) is 19.4 Å². The largest absolute Gasteiger partial charge is 0.512 e. The molecule has 1 heterocycles. The smallest absolute Gasteiger partial charge is 0.310 e. The Morgan fingerprint density at radius 2 is 2.03 bits per heavy atom. The normalized spacial score (nSPS) is 12.2. The van der Waals surface area contributed by atoms with E-state index in [0.29, 0.717) is 22.6 Å². The number of rotatable bonds is 10. The molecule has 0 radical (unpaired) electrons. The van der Waals surface area contributed by atoms with Crippen molar-refractivity contribution in [3.63, 3.8) is 0 Å². The van der Waals surface area contributed by atoms with Gasteiger partial charge in [0, 0.05) is 42.4 Å². The van der Waals surface area contributed by atoms with Crippen molar-refractivity contribution in [1.29, 1.82) is 0 Å². The third-order valence-electron chi connectivity index (χ3n) is 4.36. The van der Waals surface area contributed by atoms with Gasteiger partial charge >= 0.3 is 5.97 Å². The molecule has 0 aliphatic rings. The SMILES string of the molecule is CCOC(=O)Cc1ccc(OC)cc1O/C(F)=C/C(=C(/O)CC)c1ccnc(CN)c1. The number of carbonyl (C=O) groups is 1. The topological polar surface area (TPSA) is 104 Å². The Morgan fingerprint density at radius 3 is 2.68 bits per heavy atom. The molecule has 166 valence electrons. The maximum Gasteiger partial charge on any atom is 0.310 e. The zero-order valence-corrected chi connectivity index (χ0v) is 17.9. The van der Waals surface area contributed by atoms with E-state index in [4.69, 9.17) is 19.9 Å². The fourth-order valence-electron chi connectivity index (χ4n) is 2.80. The van der Waals surface area contributed by atoms with Gasteiger partial charge in [0.15, 0.2) is 0 Å². The average Bonchev–Trinajstić information content (AvgIpc) is 2.78. The molecule has 1 aromatic carbocycles. The first-order valence-electron chi connectivity index (χ1n) is 9.86. The minimum atomic E-state index is -0.973. The number of methoxy groups -OCH3 is 1. The average molecular weight is 430 g/mol. The van der Waals surface area contributed by atoms with Gasteiger partial charge in [-0.25, -0.2) is 0 Å². The molecule has 7 nitrogen and oxygen atoms in total. The number of aliphatic hydroxyl groups is 1. The van der Waals surface area contributed by atoms with Crippen molar-refractivity contribution in [2.75, 3.05) is 13.7 Å². The summed E-state index contributed by atoms with van der Waals surface area (Å²) < 4.78 is 30.4. The van der Waals surface area contributed by atoms with Gasteiger partial charge in [-0.2, -0.15) is 4.39 Å². The van der Waals surface area contributed by atoms with Gasteiger partial charge in [0.25, 0.3) is 6.01 Å². The Bertz CT molecular complexity index is 972. The molecule has 1 aromatic heterocycles. The summed E-state index contributed by atoms with van der Waals surface area (Å²) in [4.78, 5) is 16.0. The molecule has 0 aliphatic carbocycles. The number of nitrogens with two attached hydrogens (primary N) is 1. The summed E-state index contributed by atoms with van der Waals surface area (Å²) in [6, 6.07) is 7.06. The predicted molar refractivity (Wildman–Crippen MR) is 115 cm³/mol. The van der Waals surface area contributed by atoms with Gasteiger partial charge in [-0.1, -0.05) is 13.0 Å². The molecule has 3 N–H and O–H groups in total. The molecule has 0 fully saturated rings. The van der Waals surface area contributed by atoms with Crippen LogP contribution in [-0.4, -0.2) is 29.8 Å². The number of benzene rings is 1. The minimum absolute atomic E-state index is 0.0229. The van der Waals surface area contributed by atoms with Crippen LogP contribution in [0.5, 0.6) is 11.5 Å². The molecule has 0 spiro atoms. The number of nitrogens with zero attached hydrogens (tertiary/aromatic N) is 1. The standard InChI is InChI=1S/C23H27FN2O5/c1-4-20(27)19(15-8-9-26-17(10-15)14-25)13-22(24)31-21-12-18(29-3)7-6-16(21)11-23(28)30-5-2/h6-10,12-13,27H,4-5,11,14,25H2,1-3H3/b20-19-,22-13+. The van der Waals surface area contributed by atoms with Crippen molar-refractivity contribution in [2.45, 2.75) is 33.2 Å². The number of aromatic nitrogens is 1. The van der Waals surface area contributed by atoms with Crippen LogP contribution >= 0.6 is 0 Å². The predicted octanol–water partition coefficient (Wildman–Crippen LogP) is 4.22. The molecule has 2 rings (SSSR count). The summed E-state index contributed by atoms with van der Waals surface area (Å²) in [5.74, 6) is 0.0562. The summed E-state index contributed by atoms with van der Waals surface area (Å²) >= 11 is 0. The number of hydrogen-bond donors (Lipinski definition) is 2. The lowest BCUT2D eigenvalue weighted by Crippen LogP contribution is -2.09. The summed E-state index contributed by atoms with van der Waals surface area (Å²) in [6.45, 7) is 3.89. The van der Waals surface area contributed by atoms with Crippen LogP contribution in [0.2, 0.25) is 0 Å². The third kappa shape index (κ3) is 6.82. The Balaban J connectivity index is 2.40. The first-order valence-corrected chi connectivity index (χ1v) is 9.86. The first kappa shape index (κ1) is 23.9. The maximum atomic E-state index is 14.9. The van der Waals surface area contributed by atoms with Crippen LogP contribution in [0.4, 0.5) is 4.39 Å². The molecule has 0 amide bonds. The van der Waals surface area contributed by atoms with Gasteiger partial charge in [-0.15, -0.1) is 0 Å². The molecule has 0 saturated carbocycles. The number of esters is 1. The van der Waals surface area contributed by atoms with Crippen molar-refractivity contribution in [3.8, 4) is 11.5 Å². The lowest BCUT2D eigenvalue weighted by molar-refractivity contribution is -0.142. The highest BCUT2D eigenvalue weighted by atomic mass is 19.1. The summed E-state index contributed by atoms with van der Waals surface area (Å²) in [5, 5.41) is 10.3. The highest BCUT2D eigenvalue weighted by Gasteiger charge is 2.15. The van der Waals surface area contributed by atoms with Crippen LogP contribution in [0, 0.1) is 0 Å². The summed E-state index contributed by atoms with van der Waals surface area (Å²) in [5.41, 5.74) is 7.45. The highest BCUT2D eigenvalue weighted by molar-refractivity contribution is 5.76. The molecule has 0 aliphatic heterocycles. The van der Waals surface area contributed by atoms with E-state index in [1.54, 1.807) is 38.1 Å². The van der Waals surface area contributed by atoms with Crippen molar-refractivity contribution < 1.29 is 28.5 Å². The zero-order chi connectivity index (χ0) is 22.8. The number of pyridine rings is 1. The molecule has 0 saturated heterocycles. The fourth-order valence-corrected chi connectivity index (χ4v) is 2.80. The van der Waals surface area contributed by atoms with E-state index >= 15 is 0 Å². The van der Waals surface area contributed by atoms with Crippen molar-refractivity contribution in [2.24, 2.45) is 5.73 Å². The van der Waals surface area contributed by atoms with Crippen molar-refractivity contribution in [3.05, 3.63) is 71.2 Å². The van der Waals surface area contributed by atoms with Gasteiger partial charge in [-0.3, -0.25) is 9.78 Å². The molecule has 2 aromatic rings. The second-order valence-electron chi connectivity index (χ2n) is 6.46. The number of carbonyl (C=O) groups excluding carboxylic acids is 1. The molecule has 31 heavy (non-hydrogen) atoms. The summed E-state index contributed by atoms with van der Waals surface area (Å²) in [7, 11) is 1.47. The second-order valence-corrected chi connectivity index (χ2v) is 6.46. The summed E-state index contributed by atoms with van der Waals surface area (Å²) in [6.07, 6.45) is 2.81. The Kier molecular flexibility index (Phi) is 9.02. The molecular weight excluding hydrogens is 403 g/mol. The first-order chi connectivity index (χ1) is 14.9. The van der Waals surface area contributed by atoms with Gasteiger partial charge < -0.3 is 25.1 Å². The number of hydrogen-bond acceptors (Lipinski definition) is 7. The van der Waals surface area contributed by atoms with E-state index in [0.717, 1.165) is 6.08 Å². The monoisotopic (exact) mass is 430 g/mol. The van der Waals surface area contributed by atoms with Crippen LogP contribution in [0.25, 0.3) is 5.57 Å². The van der Waals surface area contributed by atoms with Crippen LogP contribution in [0.15, 0.2) is 54.4 Å². The fraction of sp³-hybridized carbons (Fsp3) is 0.304. The van der Waals surface area contributed by atoms with Crippen LogP contribution in [-0.2, 0) is 22.5 Å². The number of allylic oxidation sites excluding steroid dienone is 3. The molecule has 0 unspecified atom stereocenters. The Morgan fingerprint density at radius 1 is 1.26 bits per heavy atom. The Labute approximate surface area is 181 Å². The Hall–Kier alpha value is -3.39.